The van der Waals surface area contributed by atoms with Crippen LogP contribution in [0, 0.1) is 5.92 Å². The third kappa shape index (κ3) is 2.13. The molecule has 3 rings (SSSR count). The molecule has 1 heterocycles. The molecule has 2 nitrogen and oxygen atoms in total. The van der Waals surface area contributed by atoms with Crippen molar-refractivity contribution >= 4 is 10.8 Å². The Hall–Kier alpha value is -1.41. The Morgan fingerprint density at radius 3 is 2.94 bits per heavy atom. The van der Waals surface area contributed by atoms with E-state index in [2.05, 4.69) is 41.6 Å². The molecule has 1 aliphatic carbocycles. The fourth-order valence-electron chi connectivity index (χ4n) is 2.90. The van der Waals surface area contributed by atoms with Gasteiger partial charge in [-0.1, -0.05) is 37.5 Å². The smallest absolute Gasteiger partial charge is 0.0349 e. The second-order valence-electron chi connectivity index (χ2n) is 5.32. The highest BCUT2D eigenvalue weighted by Gasteiger charge is 2.23. The zero-order valence-electron chi connectivity index (χ0n) is 10.9. The number of aromatic nitrogens is 1. The van der Waals surface area contributed by atoms with Gasteiger partial charge in [0.25, 0.3) is 0 Å². The van der Waals surface area contributed by atoms with E-state index in [4.69, 9.17) is 0 Å². The average molecular weight is 240 g/mol. The zero-order chi connectivity index (χ0) is 12.4. The molecule has 1 aromatic heterocycles. The van der Waals surface area contributed by atoms with Gasteiger partial charge in [-0.25, -0.2) is 0 Å². The van der Waals surface area contributed by atoms with E-state index in [1.165, 1.54) is 42.0 Å². The van der Waals surface area contributed by atoms with Crippen LogP contribution in [0.1, 0.15) is 37.3 Å². The van der Waals surface area contributed by atoms with Gasteiger partial charge in [-0.15, -0.1) is 0 Å². The number of benzene rings is 1. The van der Waals surface area contributed by atoms with Gasteiger partial charge in [-0.2, -0.15) is 0 Å². The second-order valence-corrected chi connectivity index (χ2v) is 5.32. The van der Waals surface area contributed by atoms with E-state index in [1.54, 1.807) is 0 Å². The van der Waals surface area contributed by atoms with Gasteiger partial charge >= 0.3 is 0 Å². The lowest BCUT2D eigenvalue weighted by atomic mass is 9.79. The van der Waals surface area contributed by atoms with E-state index >= 15 is 0 Å². The van der Waals surface area contributed by atoms with Crippen LogP contribution in [0.2, 0.25) is 0 Å². The van der Waals surface area contributed by atoms with Crippen LogP contribution < -0.4 is 5.32 Å². The van der Waals surface area contributed by atoms with Crippen LogP contribution in [-0.2, 0) is 0 Å². The minimum Gasteiger partial charge on any atom is -0.313 e. The average Bonchev–Trinajstić information content (AvgIpc) is 2.38. The fraction of sp³-hybridized carbons (Fsp3) is 0.438. The van der Waals surface area contributed by atoms with Gasteiger partial charge < -0.3 is 5.32 Å². The topological polar surface area (TPSA) is 24.9 Å². The quantitative estimate of drug-likeness (QED) is 0.881. The Bertz CT molecular complexity index is 526. The van der Waals surface area contributed by atoms with Gasteiger partial charge in [-0.3, -0.25) is 4.98 Å². The van der Waals surface area contributed by atoms with E-state index in [0.717, 1.165) is 5.92 Å². The minimum absolute atomic E-state index is 0.461. The molecule has 0 amide bonds. The molecule has 0 saturated heterocycles. The molecule has 1 N–H and O–H groups in total. The van der Waals surface area contributed by atoms with E-state index in [9.17, 15) is 0 Å². The van der Waals surface area contributed by atoms with Crippen molar-refractivity contribution in [2.45, 2.75) is 31.7 Å². The first-order chi connectivity index (χ1) is 8.88. The molecule has 1 aliphatic rings. The van der Waals surface area contributed by atoms with E-state index in [0.29, 0.717) is 6.04 Å². The van der Waals surface area contributed by atoms with Crippen LogP contribution in [0.15, 0.2) is 36.7 Å². The summed E-state index contributed by atoms with van der Waals surface area (Å²) in [4.78, 5) is 4.28. The first-order valence-corrected chi connectivity index (χ1v) is 6.88. The highest BCUT2D eigenvalue weighted by atomic mass is 14.9. The van der Waals surface area contributed by atoms with Crippen LogP contribution in [-0.4, -0.2) is 12.0 Å². The normalized spacial score (nSPS) is 17.6. The van der Waals surface area contributed by atoms with Gasteiger partial charge in [0.15, 0.2) is 0 Å². The summed E-state index contributed by atoms with van der Waals surface area (Å²) in [5, 5.41) is 6.06. The van der Waals surface area contributed by atoms with E-state index in [-0.39, 0.29) is 0 Å². The maximum absolute atomic E-state index is 4.28. The molecule has 2 aromatic rings. The summed E-state index contributed by atoms with van der Waals surface area (Å²) < 4.78 is 0. The summed E-state index contributed by atoms with van der Waals surface area (Å²) in [6.07, 6.45) is 9.34. The second kappa shape index (κ2) is 5.07. The zero-order valence-corrected chi connectivity index (χ0v) is 10.9. The highest BCUT2D eigenvalue weighted by Crippen LogP contribution is 2.36. The molecule has 1 saturated carbocycles. The highest BCUT2D eigenvalue weighted by molar-refractivity contribution is 5.85. The maximum Gasteiger partial charge on any atom is 0.0349 e. The number of rotatable bonds is 4. The molecule has 94 valence electrons. The molecular weight excluding hydrogens is 220 g/mol. The lowest BCUT2D eigenvalue weighted by molar-refractivity contribution is 0.266. The Morgan fingerprint density at radius 2 is 2.22 bits per heavy atom. The summed E-state index contributed by atoms with van der Waals surface area (Å²) in [5.41, 5.74) is 1.40. The lowest BCUT2D eigenvalue weighted by Gasteiger charge is -2.30. The van der Waals surface area contributed by atoms with E-state index in [1.807, 2.05) is 12.4 Å². The Morgan fingerprint density at radius 1 is 1.33 bits per heavy atom. The number of hydrogen-bond donors (Lipinski definition) is 1. The largest absolute Gasteiger partial charge is 0.313 e. The van der Waals surface area contributed by atoms with Gasteiger partial charge in [-0.05, 0) is 36.4 Å². The van der Waals surface area contributed by atoms with Crippen LogP contribution >= 0.6 is 0 Å². The predicted molar refractivity (Wildman–Crippen MR) is 75.5 cm³/mol. The summed E-state index contributed by atoms with van der Waals surface area (Å²) in [5.74, 6) is 0.911. The van der Waals surface area contributed by atoms with Gasteiger partial charge in [0.05, 0.1) is 0 Å². The van der Waals surface area contributed by atoms with Crippen molar-refractivity contribution < 1.29 is 0 Å². The van der Waals surface area contributed by atoms with Crippen LogP contribution in [0.3, 0.4) is 0 Å². The third-order valence-corrected chi connectivity index (χ3v) is 4.24. The summed E-state index contributed by atoms with van der Waals surface area (Å²) in [6.45, 7) is 0. The minimum atomic E-state index is 0.461. The van der Waals surface area contributed by atoms with Crippen LogP contribution in [0.4, 0.5) is 0 Å². The molecule has 1 unspecified atom stereocenters. The molecule has 1 aromatic carbocycles. The molecule has 0 radical (unpaired) electrons. The van der Waals surface area contributed by atoms with E-state index < -0.39 is 0 Å². The van der Waals surface area contributed by atoms with Gasteiger partial charge in [0.1, 0.15) is 0 Å². The molecule has 1 fully saturated rings. The number of nitrogens with zero attached hydrogens (tertiary/aromatic N) is 1. The van der Waals surface area contributed by atoms with Crippen LogP contribution in [0.25, 0.3) is 10.8 Å². The molecule has 18 heavy (non-hydrogen) atoms. The van der Waals surface area contributed by atoms with Crippen LogP contribution in [0.5, 0.6) is 0 Å². The van der Waals surface area contributed by atoms with Crippen molar-refractivity contribution in [1.82, 2.24) is 10.3 Å². The van der Waals surface area contributed by atoms with Gasteiger partial charge in [0, 0.05) is 23.8 Å². The predicted octanol–water partition coefficient (Wildman–Crippen LogP) is 3.69. The van der Waals surface area contributed by atoms with Crippen molar-refractivity contribution in [3.8, 4) is 0 Å². The number of hydrogen-bond acceptors (Lipinski definition) is 2. The lowest BCUT2D eigenvalue weighted by Crippen LogP contribution is -2.23. The van der Waals surface area contributed by atoms with Crippen molar-refractivity contribution in [3.05, 3.63) is 42.2 Å². The van der Waals surface area contributed by atoms with Crippen molar-refractivity contribution in [2.75, 3.05) is 7.05 Å². The van der Waals surface area contributed by atoms with Gasteiger partial charge in [0.2, 0.25) is 0 Å². The molecular formula is C16H20N2. The summed E-state index contributed by atoms with van der Waals surface area (Å²) >= 11 is 0. The monoisotopic (exact) mass is 240 g/mol. The number of pyridine rings is 1. The Kier molecular flexibility index (Phi) is 3.28. The maximum atomic E-state index is 4.28. The molecule has 1 atom stereocenters. The fourth-order valence-corrected chi connectivity index (χ4v) is 2.90. The molecule has 2 heteroatoms. The summed E-state index contributed by atoms with van der Waals surface area (Å²) in [6, 6.07) is 9.11. The number of nitrogens with one attached hydrogen (secondary N) is 1. The molecule has 0 spiro atoms. The van der Waals surface area contributed by atoms with Crippen molar-refractivity contribution in [1.29, 1.82) is 0 Å². The first-order valence-electron chi connectivity index (χ1n) is 6.88. The standard InChI is InChI=1S/C16H20N2/c1-17-16(10-12-4-2-5-12)14-7-3-6-13-8-9-18-11-15(13)14/h3,6-9,11-12,16-17H,2,4-5,10H2,1H3. The Balaban J connectivity index is 1.95. The molecule has 0 bridgehead atoms. The number of fused-ring (bicyclic) bond motifs is 1. The SMILES string of the molecule is CNC(CC1CCC1)c1cccc2ccncc12. The summed E-state index contributed by atoms with van der Waals surface area (Å²) in [7, 11) is 2.07. The van der Waals surface area contributed by atoms with Crippen molar-refractivity contribution in [3.63, 3.8) is 0 Å². The molecule has 0 aliphatic heterocycles. The third-order valence-electron chi connectivity index (χ3n) is 4.24. The first kappa shape index (κ1) is 11.7. The van der Waals surface area contributed by atoms with Crippen molar-refractivity contribution in [2.24, 2.45) is 5.92 Å². The Labute approximate surface area is 108 Å².